The molecule has 0 heterocycles. The van der Waals surface area contributed by atoms with E-state index in [1.54, 1.807) is 0 Å². The van der Waals surface area contributed by atoms with Crippen LogP contribution in [-0.2, 0) is 4.79 Å². The van der Waals surface area contributed by atoms with Crippen LogP contribution in [0.25, 0.3) is 0 Å². The molecule has 0 bridgehead atoms. The van der Waals surface area contributed by atoms with Crippen molar-refractivity contribution in [2.45, 2.75) is 46.0 Å². The quantitative estimate of drug-likeness (QED) is 0.586. The molecular formula is C11H24N2O. The molecule has 0 saturated heterocycles. The van der Waals surface area contributed by atoms with E-state index in [2.05, 4.69) is 19.2 Å². The zero-order valence-electron chi connectivity index (χ0n) is 9.51. The first-order chi connectivity index (χ1) is 6.70. The Kier molecular flexibility index (Phi) is 8.64. The van der Waals surface area contributed by atoms with Gasteiger partial charge in [-0.15, -0.1) is 0 Å². The third-order valence-electron chi connectivity index (χ3n) is 2.36. The number of nitrogens with one attached hydrogen (secondary N) is 1. The smallest absolute Gasteiger partial charge is 0.219 e. The van der Waals surface area contributed by atoms with Crippen LogP contribution in [0.4, 0.5) is 0 Å². The number of amides is 1. The second kappa shape index (κ2) is 9.00. The SMILES string of the molecule is CCCCC(=O)NCCCC(C)CN. The van der Waals surface area contributed by atoms with Crippen molar-refractivity contribution in [1.82, 2.24) is 5.32 Å². The van der Waals surface area contributed by atoms with Crippen LogP contribution in [0.15, 0.2) is 0 Å². The van der Waals surface area contributed by atoms with E-state index in [-0.39, 0.29) is 5.91 Å². The summed E-state index contributed by atoms with van der Waals surface area (Å²) in [4.78, 5) is 11.2. The monoisotopic (exact) mass is 200 g/mol. The second-order valence-electron chi connectivity index (χ2n) is 3.94. The predicted molar refractivity (Wildman–Crippen MR) is 60.0 cm³/mol. The summed E-state index contributed by atoms with van der Waals surface area (Å²) in [5.74, 6) is 0.759. The van der Waals surface area contributed by atoms with Crippen LogP contribution in [0, 0.1) is 5.92 Å². The minimum Gasteiger partial charge on any atom is -0.356 e. The highest BCUT2D eigenvalue weighted by Crippen LogP contribution is 2.01. The molecule has 1 amide bonds. The average Bonchev–Trinajstić information content (AvgIpc) is 2.21. The topological polar surface area (TPSA) is 55.1 Å². The third-order valence-corrected chi connectivity index (χ3v) is 2.36. The summed E-state index contributed by atoms with van der Waals surface area (Å²) in [6, 6.07) is 0. The third kappa shape index (κ3) is 8.05. The number of carbonyl (C=O) groups is 1. The van der Waals surface area contributed by atoms with E-state index >= 15 is 0 Å². The van der Waals surface area contributed by atoms with Crippen LogP contribution in [0.2, 0.25) is 0 Å². The zero-order chi connectivity index (χ0) is 10.8. The Morgan fingerprint density at radius 2 is 2.14 bits per heavy atom. The summed E-state index contributed by atoms with van der Waals surface area (Å²) in [6.07, 6.45) is 4.88. The summed E-state index contributed by atoms with van der Waals surface area (Å²) in [5, 5.41) is 2.92. The van der Waals surface area contributed by atoms with Gasteiger partial charge in [-0.25, -0.2) is 0 Å². The van der Waals surface area contributed by atoms with E-state index in [1.165, 1.54) is 0 Å². The number of hydrogen-bond acceptors (Lipinski definition) is 2. The molecule has 0 spiro atoms. The standard InChI is InChI=1S/C11H24N2O/c1-3-4-7-11(14)13-8-5-6-10(2)9-12/h10H,3-9,12H2,1-2H3,(H,13,14). The fraction of sp³-hybridized carbons (Fsp3) is 0.909. The normalized spacial score (nSPS) is 12.5. The fourth-order valence-corrected chi connectivity index (χ4v) is 1.22. The predicted octanol–water partition coefficient (Wildman–Crippen LogP) is 1.67. The molecule has 84 valence electrons. The van der Waals surface area contributed by atoms with Crippen LogP contribution >= 0.6 is 0 Å². The lowest BCUT2D eigenvalue weighted by Gasteiger charge is -2.08. The van der Waals surface area contributed by atoms with Gasteiger partial charge < -0.3 is 11.1 Å². The van der Waals surface area contributed by atoms with Gasteiger partial charge in [-0.3, -0.25) is 4.79 Å². The summed E-state index contributed by atoms with van der Waals surface area (Å²) in [6.45, 7) is 5.77. The van der Waals surface area contributed by atoms with Gasteiger partial charge in [-0.2, -0.15) is 0 Å². The van der Waals surface area contributed by atoms with Crippen LogP contribution in [-0.4, -0.2) is 19.0 Å². The van der Waals surface area contributed by atoms with Gasteiger partial charge in [0.15, 0.2) is 0 Å². The lowest BCUT2D eigenvalue weighted by atomic mass is 10.1. The molecule has 3 heteroatoms. The first-order valence-corrected chi connectivity index (χ1v) is 5.67. The van der Waals surface area contributed by atoms with Gasteiger partial charge in [0.2, 0.25) is 5.91 Å². The Bertz CT molecular complexity index is 148. The van der Waals surface area contributed by atoms with Gasteiger partial charge >= 0.3 is 0 Å². The molecule has 0 fully saturated rings. The molecule has 0 aromatic heterocycles. The largest absolute Gasteiger partial charge is 0.356 e. The molecule has 0 aliphatic heterocycles. The zero-order valence-corrected chi connectivity index (χ0v) is 9.51. The van der Waals surface area contributed by atoms with Gasteiger partial charge in [0.1, 0.15) is 0 Å². The van der Waals surface area contributed by atoms with E-state index in [0.717, 1.165) is 38.8 Å². The molecule has 0 aliphatic rings. The van der Waals surface area contributed by atoms with Gasteiger partial charge in [0.05, 0.1) is 0 Å². The highest BCUT2D eigenvalue weighted by atomic mass is 16.1. The van der Waals surface area contributed by atoms with Crippen molar-refractivity contribution in [2.24, 2.45) is 11.7 Å². The van der Waals surface area contributed by atoms with Gasteiger partial charge in [-0.05, 0) is 31.7 Å². The molecule has 1 unspecified atom stereocenters. The summed E-state index contributed by atoms with van der Waals surface area (Å²) >= 11 is 0. The first-order valence-electron chi connectivity index (χ1n) is 5.67. The van der Waals surface area contributed by atoms with E-state index < -0.39 is 0 Å². The van der Waals surface area contributed by atoms with Crippen molar-refractivity contribution < 1.29 is 4.79 Å². The molecule has 0 aromatic carbocycles. The van der Waals surface area contributed by atoms with Crippen molar-refractivity contribution in [1.29, 1.82) is 0 Å². The summed E-state index contributed by atoms with van der Waals surface area (Å²) in [5.41, 5.74) is 5.49. The van der Waals surface area contributed by atoms with Crippen LogP contribution < -0.4 is 11.1 Å². The van der Waals surface area contributed by atoms with Gasteiger partial charge in [0, 0.05) is 13.0 Å². The maximum Gasteiger partial charge on any atom is 0.219 e. The molecule has 0 saturated carbocycles. The Morgan fingerprint density at radius 1 is 1.43 bits per heavy atom. The van der Waals surface area contributed by atoms with Crippen LogP contribution in [0.1, 0.15) is 46.0 Å². The fourth-order valence-electron chi connectivity index (χ4n) is 1.22. The van der Waals surface area contributed by atoms with Crippen LogP contribution in [0.5, 0.6) is 0 Å². The van der Waals surface area contributed by atoms with Crippen molar-refractivity contribution in [2.75, 3.05) is 13.1 Å². The molecule has 0 rings (SSSR count). The van der Waals surface area contributed by atoms with E-state index in [0.29, 0.717) is 12.3 Å². The Labute approximate surface area is 87.4 Å². The van der Waals surface area contributed by atoms with Crippen LogP contribution in [0.3, 0.4) is 0 Å². The number of rotatable bonds is 8. The van der Waals surface area contributed by atoms with Crippen molar-refractivity contribution in [3.8, 4) is 0 Å². The van der Waals surface area contributed by atoms with Crippen molar-refractivity contribution in [3.63, 3.8) is 0 Å². The minimum atomic E-state index is 0.187. The van der Waals surface area contributed by atoms with E-state index in [4.69, 9.17) is 5.73 Å². The number of nitrogens with two attached hydrogens (primary N) is 1. The molecule has 0 aliphatic carbocycles. The molecule has 1 atom stereocenters. The summed E-state index contributed by atoms with van der Waals surface area (Å²) < 4.78 is 0. The van der Waals surface area contributed by atoms with Gasteiger partial charge in [0.25, 0.3) is 0 Å². The maximum absolute atomic E-state index is 11.2. The molecule has 0 radical (unpaired) electrons. The number of hydrogen-bond donors (Lipinski definition) is 2. The lowest BCUT2D eigenvalue weighted by molar-refractivity contribution is -0.121. The molecule has 3 N–H and O–H groups in total. The number of unbranched alkanes of at least 4 members (excludes halogenated alkanes) is 1. The van der Waals surface area contributed by atoms with E-state index in [9.17, 15) is 4.79 Å². The lowest BCUT2D eigenvalue weighted by Crippen LogP contribution is -2.24. The molecule has 14 heavy (non-hydrogen) atoms. The van der Waals surface area contributed by atoms with Crippen molar-refractivity contribution in [3.05, 3.63) is 0 Å². The van der Waals surface area contributed by atoms with E-state index in [1.807, 2.05) is 0 Å². The average molecular weight is 200 g/mol. The highest BCUT2D eigenvalue weighted by molar-refractivity contribution is 5.75. The Morgan fingerprint density at radius 3 is 2.71 bits per heavy atom. The Balaban J connectivity index is 3.22. The summed E-state index contributed by atoms with van der Waals surface area (Å²) in [7, 11) is 0. The first kappa shape index (κ1) is 13.4. The molecule has 3 nitrogen and oxygen atoms in total. The maximum atomic E-state index is 11.2. The minimum absolute atomic E-state index is 0.187. The Hall–Kier alpha value is -0.570. The van der Waals surface area contributed by atoms with Crippen molar-refractivity contribution >= 4 is 5.91 Å². The van der Waals surface area contributed by atoms with Gasteiger partial charge in [-0.1, -0.05) is 20.3 Å². The molecular weight excluding hydrogens is 176 g/mol. The number of carbonyl (C=O) groups excluding carboxylic acids is 1. The molecule has 0 aromatic rings. The second-order valence-corrected chi connectivity index (χ2v) is 3.94. The highest BCUT2D eigenvalue weighted by Gasteiger charge is 2.01.